The molecule has 0 aliphatic carbocycles. The van der Waals surface area contributed by atoms with Crippen LogP contribution in [0.1, 0.15) is 54.9 Å². The van der Waals surface area contributed by atoms with Gasteiger partial charge in [-0.25, -0.2) is 4.79 Å². The average Bonchev–Trinajstić information content (AvgIpc) is 2.92. The van der Waals surface area contributed by atoms with Crippen LogP contribution in [0.2, 0.25) is 18.1 Å². The monoisotopic (exact) mass is 451 g/mol. The molecule has 0 aromatic heterocycles. The minimum atomic E-state index is -2.06. The van der Waals surface area contributed by atoms with Crippen molar-refractivity contribution in [2.45, 2.75) is 91.3 Å². The lowest BCUT2D eigenvalue weighted by atomic mass is 9.76. The third-order valence-electron chi connectivity index (χ3n) is 7.53. The van der Waals surface area contributed by atoms with Gasteiger partial charge in [-0.2, -0.15) is 0 Å². The van der Waals surface area contributed by atoms with Crippen LogP contribution in [0.5, 0.6) is 0 Å². The van der Waals surface area contributed by atoms with Crippen molar-refractivity contribution < 1.29 is 23.9 Å². The summed E-state index contributed by atoms with van der Waals surface area (Å²) in [7, 11) is -2.06. The summed E-state index contributed by atoms with van der Waals surface area (Å²) in [5.74, 6) is -1.22. The van der Waals surface area contributed by atoms with E-state index in [0.29, 0.717) is 5.57 Å². The van der Waals surface area contributed by atoms with Crippen LogP contribution >= 0.6 is 0 Å². The van der Waals surface area contributed by atoms with Gasteiger partial charge in [0.2, 0.25) is 5.91 Å². The molecule has 1 fully saturated rings. The van der Waals surface area contributed by atoms with Crippen molar-refractivity contribution in [2.75, 3.05) is 6.61 Å². The zero-order chi connectivity index (χ0) is 23.9. The number of hydrogen-bond donors (Lipinski definition) is 1. The largest absolute Gasteiger partial charge is 0.457 e. The van der Waals surface area contributed by atoms with Gasteiger partial charge < -0.3 is 19.2 Å². The van der Waals surface area contributed by atoms with Gasteiger partial charge in [0, 0.05) is 5.92 Å². The lowest BCUT2D eigenvalue weighted by Crippen LogP contribution is -2.65. The van der Waals surface area contributed by atoms with Crippen molar-refractivity contribution >= 4 is 20.2 Å². The summed E-state index contributed by atoms with van der Waals surface area (Å²) in [5, 5.41) is 11.1. The molecule has 0 radical (unpaired) electrons. The highest BCUT2D eigenvalue weighted by Gasteiger charge is 2.62. The fraction of sp³-hybridized carbons (Fsp3) is 0.750. The third kappa shape index (κ3) is 4.55. The number of nitrogens with zero attached hydrogens (tertiary/aromatic N) is 1. The van der Waals surface area contributed by atoms with Gasteiger partial charge in [0.15, 0.2) is 8.32 Å². The number of hydrogen-bond acceptors (Lipinski definition) is 5. The highest BCUT2D eigenvalue weighted by molar-refractivity contribution is 6.74. The van der Waals surface area contributed by atoms with Crippen molar-refractivity contribution in [3.63, 3.8) is 0 Å². The lowest BCUT2D eigenvalue weighted by Gasteiger charge is -2.50. The molecule has 1 amide bonds. The number of carbonyl (C=O) groups is 2. The summed E-state index contributed by atoms with van der Waals surface area (Å²) < 4.78 is 11.8. The molecule has 7 heteroatoms. The molecular formula is C24H41NO5Si. The van der Waals surface area contributed by atoms with Crippen LogP contribution in [0, 0.1) is 17.8 Å². The number of ether oxygens (including phenoxy) is 1. The second-order valence-electron chi connectivity index (χ2n) is 10.6. The molecule has 31 heavy (non-hydrogen) atoms. The lowest BCUT2D eigenvalue weighted by molar-refractivity contribution is -0.163. The van der Waals surface area contributed by atoms with Crippen LogP contribution in [0.25, 0.3) is 0 Å². The smallest absolute Gasteiger partial charge is 0.355 e. The minimum Gasteiger partial charge on any atom is -0.457 e. The van der Waals surface area contributed by atoms with E-state index >= 15 is 0 Å². The quantitative estimate of drug-likeness (QED) is 0.245. The van der Waals surface area contributed by atoms with Crippen LogP contribution in [0.3, 0.4) is 0 Å². The van der Waals surface area contributed by atoms with E-state index in [1.807, 2.05) is 27.7 Å². The van der Waals surface area contributed by atoms with Crippen LogP contribution in [-0.2, 0) is 18.8 Å². The van der Waals surface area contributed by atoms with E-state index in [9.17, 15) is 14.7 Å². The highest BCUT2D eigenvalue weighted by atomic mass is 28.4. The summed E-state index contributed by atoms with van der Waals surface area (Å²) >= 11 is 0. The van der Waals surface area contributed by atoms with Gasteiger partial charge in [0.1, 0.15) is 12.3 Å². The Hall–Kier alpha value is -1.44. The molecule has 2 aliphatic rings. The Morgan fingerprint density at radius 3 is 2.39 bits per heavy atom. The molecule has 0 aromatic rings. The Morgan fingerprint density at radius 2 is 1.90 bits per heavy atom. The predicted octanol–water partition coefficient (Wildman–Crippen LogP) is 4.26. The number of fused-ring (bicyclic) bond motifs is 1. The standard InChI is InChI=1S/C24H41NO5Si/c1-11-13-29-23(28)20-17(21(26)14(3)12-2)15(4)19-18(22(27)25(19)20)16(5)30-31(9,10)24(6,7)8/h11,14-16,18-19,21,26H,1,12-13H2,2-10H3/t14?,15-,16+,18+,19?,21-/m0/s1. The van der Waals surface area contributed by atoms with Gasteiger partial charge in [-0.3, -0.25) is 4.79 Å². The van der Waals surface area contributed by atoms with E-state index in [4.69, 9.17) is 9.16 Å². The number of aliphatic hydroxyl groups is 1. The topological polar surface area (TPSA) is 76.1 Å². The zero-order valence-corrected chi connectivity index (χ0v) is 21.7. The maximum atomic E-state index is 13.3. The molecule has 0 bridgehead atoms. The Labute approximate surface area is 188 Å². The van der Waals surface area contributed by atoms with Crippen molar-refractivity contribution in [1.29, 1.82) is 0 Å². The normalized spacial score (nSPS) is 26.8. The van der Waals surface area contributed by atoms with Crippen LogP contribution in [-0.4, -0.2) is 55.1 Å². The SMILES string of the molecule is C=CCOC(=O)C1=C([C@@H](O)C(C)CC)[C@H](C)C2[C@@H]([C@@H](C)O[Si](C)(C)C(C)(C)C)C(=O)N12. The van der Waals surface area contributed by atoms with Crippen molar-refractivity contribution in [1.82, 2.24) is 4.90 Å². The number of esters is 1. The molecule has 0 spiro atoms. The first kappa shape index (κ1) is 25.8. The molecule has 1 saturated heterocycles. The van der Waals surface area contributed by atoms with Gasteiger partial charge in [-0.05, 0) is 36.5 Å². The van der Waals surface area contributed by atoms with E-state index < -0.39 is 20.4 Å². The third-order valence-corrected chi connectivity index (χ3v) is 12.1. The van der Waals surface area contributed by atoms with Gasteiger partial charge in [0.25, 0.3) is 0 Å². The minimum absolute atomic E-state index is 0.0326. The second kappa shape index (κ2) is 9.20. The number of β-lactam (4-membered cyclic amide) rings is 1. The first-order chi connectivity index (χ1) is 14.2. The molecule has 2 heterocycles. The Morgan fingerprint density at radius 1 is 1.32 bits per heavy atom. The molecule has 0 aromatic carbocycles. The number of rotatable bonds is 9. The van der Waals surface area contributed by atoms with Crippen LogP contribution < -0.4 is 0 Å². The maximum absolute atomic E-state index is 13.3. The van der Waals surface area contributed by atoms with Gasteiger partial charge in [-0.15, -0.1) is 0 Å². The first-order valence-electron chi connectivity index (χ1n) is 11.4. The summed E-state index contributed by atoms with van der Waals surface area (Å²) in [5.41, 5.74) is 0.830. The van der Waals surface area contributed by atoms with E-state index in [2.05, 4.69) is 40.4 Å². The zero-order valence-electron chi connectivity index (χ0n) is 20.7. The molecule has 1 N–H and O–H groups in total. The van der Waals surface area contributed by atoms with Crippen molar-refractivity contribution in [3.05, 3.63) is 23.9 Å². The first-order valence-corrected chi connectivity index (χ1v) is 14.3. The Balaban J connectivity index is 2.38. The van der Waals surface area contributed by atoms with Gasteiger partial charge in [0.05, 0.1) is 24.2 Å². The summed E-state index contributed by atoms with van der Waals surface area (Å²) in [6, 6.07) is -0.202. The number of aliphatic hydroxyl groups excluding tert-OH is 1. The summed E-state index contributed by atoms with van der Waals surface area (Å²) in [4.78, 5) is 27.7. The molecule has 2 unspecified atom stereocenters. The fourth-order valence-electron chi connectivity index (χ4n) is 4.42. The fourth-order valence-corrected chi connectivity index (χ4v) is 5.85. The number of amides is 1. The molecule has 6 nitrogen and oxygen atoms in total. The molecule has 2 rings (SSSR count). The van der Waals surface area contributed by atoms with Crippen molar-refractivity contribution in [3.8, 4) is 0 Å². The molecule has 0 saturated carbocycles. The van der Waals surface area contributed by atoms with E-state index in [1.165, 1.54) is 6.08 Å². The van der Waals surface area contributed by atoms with Crippen LogP contribution in [0.15, 0.2) is 23.9 Å². The van der Waals surface area contributed by atoms with E-state index in [-0.39, 0.29) is 53.1 Å². The predicted molar refractivity (Wildman–Crippen MR) is 125 cm³/mol. The highest BCUT2D eigenvalue weighted by Crippen LogP contribution is 2.50. The molecular weight excluding hydrogens is 410 g/mol. The average molecular weight is 452 g/mol. The van der Waals surface area contributed by atoms with Crippen LogP contribution in [0.4, 0.5) is 0 Å². The molecule has 2 aliphatic heterocycles. The molecule has 176 valence electrons. The summed E-state index contributed by atoms with van der Waals surface area (Å²) in [6.07, 6.45) is 1.19. The van der Waals surface area contributed by atoms with E-state index in [1.54, 1.807) is 4.90 Å². The Bertz CT molecular complexity index is 754. The van der Waals surface area contributed by atoms with Crippen molar-refractivity contribution in [2.24, 2.45) is 17.8 Å². The Kier molecular flexibility index (Phi) is 7.66. The maximum Gasteiger partial charge on any atom is 0.355 e. The summed E-state index contributed by atoms with van der Waals surface area (Å²) in [6.45, 7) is 22.4. The number of carbonyl (C=O) groups excluding carboxylic acids is 2. The van der Waals surface area contributed by atoms with E-state index in [0.717, 1.165) is 6.42 Å². The van der Waals surface area contributed by atoms with Gasteiger partial charge in [-0.1, -0.05) is 60.6 Å². The van der Waals surface area contributed by atoms with Gasteiger partial charge >= 0.3 is 5.97 Å². The molecule has 6 atom stereocenters. The second-order valence-corrected chi connectivity index (χ2v) is 15.4.